The number of pyridine rings is 1. The van der Waals surface area contributed by atoms with Gasteiger partial charge in [0.1, 0.15) is 11.6 Å². The molecule has 2 aliphatic heterocycles. The molecule has 0 spiro atoms. The van der Waals surface area contributed by atoms with Crippen molar-refractivity contribution in [3.05, 3.63) is 57.5 Å². The molecule has 0 saturated carbocycles. The van der Waals surface area contributed by atoms with Crippen molar-refractivity contribution < 1.29 is 9.18 Å². The molecule has 164 valence electrons. The van der Waals surface area contributed by atoms with E-state index in [1.54, 1.807) is 6.07 Å². The first-order valence-corrected chi connectivity index (χ1v) is 11.3. The van der Waals surface area contributed by atoms with Gasteiger partial charge >= 0.3 is 0 Å². The van der Waals surface area contributed by atoms with Crippen molar-refractivity contribution in [2.45, 2.75) is 25.7 Å². The number of fused-ring (bicyclic) bond motifs is 1. The predicted molar refractivity (Wildman–Crippen MR) is 125 cm³/mol. The van der Waals surface area contributed by atoms with Gasteiger partial charge in [0.15, 0.2) is 0 Å². The van der Waals surface area contributed by atoms with Crippen LogP contribution >= 0.6 is 23.2 Å². The fourth-order valence-corrected chi connectivity index (χ4v) is 4.39. The van der Waals surface area contributed by atoms with E-state index in [1.165, 1.54) is 6.07 Å². The summed E-state index contributed by atoms with van der Waals surface area (Å²) in [6.07, 6.45) is 7.45. The van der Waals surface area contributed by atoms with Crippen molar-refractivity contribution in [2.75, 3.05) is 42.9 Å². The monoisotopic (exact) mass is 462 g/mol. The van der Waals surface area contributed by atoms with Crippen LogP contribution in [0, 0.1) is 5.82 Å². The third kappa shape index (κ3) is 5.37. The molecule has 0 aliphatic carbocycles. The maximum atomic E-state index is 13.5. The molecule has 31 heavy (non-hydrogen) atoms. The molecule has 8 heteroatoms. The highest BCUT2D eigenvalue weighted by molar-refractivity contribution is 6.43. The lowest BCUT2D eigenvalue weighted by Crippen LogP contribution is -2.46. The van der Waals surface area contributed by atoms with Crippen LogP contribution in [0.5, 0.6) is 0 Å². The molecule has 1 amide bonds. The average Bonchev–Trinajstić information content (AvgIpc) is 2.78. The average molecular weight is 463 g/mol. The van der Waals surface area contributed by atoms with Gasteiger partial charge in [0.2, 0.25) is 5.91 Å². The Bertz CT molecular complexity index is 990. The summed E-state index contributed by atoms with van der Waals surface area (Å²) in [5.41, 5.74) is 2.76. The molecule has 2 aromatic rings. The SMILES string of the molecule is O=C1CCc2ccc(C=CCCCN3CCN(c4ccc(F)c(Cl)c4Cl)CC3)nc2N1. The molecule has 1 aromatic heterocycles. The van der Waals surface area contributed by atoms with Crippen molar-refractivity contribution >= 4 is 46.7 Å². The Morgan fingerprint density at radius 3 is 2.68 bits per heavy atom. The fraction of sp³-hybridized carbons (Fsp3) is 0.391. The zero-order chi connectivity index (χ0) is 21.8. The lowest BCUT2D eigenvalue weighted by Gasteiger charge is -2.36. The Morgan fingerprint density at radius 2 is 1.87 bits per heavy atom. The van der Waals surface area contributed by atoms with Crippen LogP contribution in [0.3, 0.4) is 0 Å². The maximum absolute atomic E-state index is 13.5. The highest BCUT2D eigenvalue weighted by Gasteiger charge is 2.21. The van der Waals surface area contributed by atoms with Gasteiger partial charge in [0.05, 0.1) is 21.4 Å². The maximum Gasteiger partial charge on any atom is 0.225 e. The number of benzene rings is 1. The van der Waals surface area contributed by atoms with Crippen LogP contribution in [0.15, 0.2) is 30.3 Å². The molecule has 5 nitrogen and oxygen atoms in total. The summed E-state index contributed by atoms with van der Waals surface area (Å²) >= 11 is 12.2. The number of carbonyl (C=O) groups is 1. The molecule has 0 unspecified atom stereocenters. The Labute approximate surface area is 191 Å². The van der Waals surface area contributed by atoms with Crippen LogP contribution in [-0.2, 0) is 11.2 Å². The lowest BCUT2D eigenvalue weighted by molar-refractivity contribution is -0.116. The van der Waals surface area contributed by atoms with Gasteiger partial charge in [0, 0.05) is 32.6 Å². The second-order valence-electron chi connectivity index (χ2n) is 7.86. The van der Waals surface area contributed by atoms with Gasteiger partial charge in [-0.25, -0.2) is 9.37 Å². The van der Waals surface area contributed by atoms with Gasteiger partial charge in [-0.05, 0) is 55.6 Å². The largest absolute Gasteiger partial charge is 0.368 e. The van der Waals surface area contributed by atoms with E-state index in [-0.39, 0.29) is 16.0 Å². The molecule has 4 rings (SSSR count). The molecule has 0 radical (unpaired) electrons. The number of amides is 1. The molecular weight excluding hydrogens is 438 g/mol. The summed E-state index contributed by atoms with van der Waals surface area (Å²) < 4.78 is 13.5. The highest BCUT2D eigenvalue weighted by Crippen LogP contribution is 2.35. The number of halogens is 3. The molecule has 2 aliphatic rings. The topological polar surface area (TPSA) is 48.5 Å². The van der Waals surface area contributed by atoms with Crippen molar-refractivity contribution in [3.63, 3.8) is 0 Å². The molecule has 1 N–H and O–H groups in total. The number of nitrogens with one attached hydrogen (secondary N) is 1. The molecule has 0 bridgehead atoms. The standard InChI is InChI=1S/C23H25Cl2FN4O/c24-21-18(26)8-9-19(22(21)25)30-14-12-29(13-15-30)11-3-1-2-4-17-7-5-16-6-10-20(31)28-23(16)27-17/h2,4-5,7-9H,1,3,6,10-15H2,(H,27,28,31). The van der Waals surface area contributed by atoms with Gasteiger partial charge in [-0.2, -0.15) is 0 Å². The van der Waals surface area contributed by atoms with Crippen LogP contribution in [-0.4, -0.2) is 48.5 Å². The van der Waals surface area contributed by atoms with E-state index in [9.17, 15) is 9.18 Å². The van der Waals surface area contributed by atoms with E-state index in [2.05, 4.69) is 26.2 Å². The van der Waals surface area contributed by atoms with Crippen LogP contribution < -0.4 is 10.2 Å². The number of unbranched alkanes of at least 4 members (excludes halogenated alkanes) is 1. The summed E-state index contributed by atoms with van der Waals surface area (Å²) in [6.45, 7) is 4.55. The van der Waals surface area contributed by atoms with E-state index in [0.29, 0.717) is 12.2 Å². The van der Waals surface area contributed by atoms with Crippen LogP contribution in [0.4, 0.5) is 15.9 Å². The molecule has 0 atom stereocenters. The summed E-state index contributed by atoms with van der Waals surface area (Å²) in [6, 6.07) is 7.11. The number of nitrogens with zero attached hydrogens (tertiary/aromatic N) is 3. The van der Waals surface area contributed by atoms with Crippen LogP contribution in [0.2, 0.25) is 10.0 Å². The van der Waals surface area contributed by atoms with Gasteiger partial charge in [-0.3, -0.25) is 9.69 Å². The Hall–Kier alpha value is -2.15. The Morgan fingerprint density at radius 1 is 1.06 bits per heavy atom. The summed E-state index contributed by atoms with van der Waals surface area (Å²) in [5.74, 6) is 0.238. The number of allylic oxidation sites excluding steroid dienone is 1. The number of aryl methyl sites for hydroxylation is 1. The van der Waals surface area contributed by atoms with Crippen molar-refractivity contribution in [2.24, 2.45) is 0 Å². The third-order valence-corrected chi connectivity index (χ3v) is 6.59. The molecular formula is C23H25Cl2FN4O. The Balaban J connectivity index is 1.21. The first kappa shape index (κ1) is 22.1. The van der Waals surface area contributed by atoms with Crippen molar-refractivity contribution in [1.82, 2.24) is 9.88 Å². The number of rotatable bonds is 6. The first-order chi connectivity index (χ1) is 15.0. The molecule has 3 heterocycles. The Kier molecular flexibility index (Phi) is 7.10. The number of aromatic nitrogens is 1. The molecule has 1 fully saturated rings. The van der Waals surface area contributed by atoms with E-state index in [1.807, 2.05) is 18.2 Å². The molecule has 1 saturated heterocycles. The summed E-state index contributed by atoms with van der Waals surface area (Å²) in [5, 5.41) is 3.12. The number of hydrogen-bond acceptors (Lipinski definition) is 4. The van der Waals surface area contributed by atoms with Crippen LogP contribution in [0.25, 0.3) is 6.08 Å². The highest BCUT2D eigenvalue weighted by atomic mass is 35.5. The quantitative estimate of drug-likeness (QED) is 0.483. The van der Waals surface area contributed by atoms with E-state index in [4.69, 9.17) is 23.2 Å². The minimum Gasteiger partial charge on any atom is -0.368 e. The number of hydrogen-bond donors (Lipinski definition) is 1. The van der Waals surface area contributed by atoms with Crippen molar-refractivity contribution in [3.8, 4) is 0 Å². The second kappa shape index (κ2) is 9.98. The van der Waals surface area contributed by atoms with E-state index >= 15 is 0 Å². The minimum absolute atomic E-state index is 0.0100. The van der Waals surface area contributed by atoms with E-state index < -0.39 is 5.82 Å². The van der Waals surface area contributed by atoms with Gasteiger partial charge in [-0.1, -0.05) is 35.3 Å². The van der Waals surface area contributed by atoms with Gasteiger partial charge in [-0.15, -0.1) is 0 Å². The predicted octanol–water partition coefficient (Wildman–Crippen LogP) is 5.03. The van der Waals surface area contributed by atoms with Gasteiger partial charge in [0.25, 0.3) is 0 Å². The normalized spacial score (nSPS) is 17.1. The lowest BCUT2D eigenvalue weighted by atomic mass is 10.1. The van der Waals surface area contributed by atoms with Gasteiger partial charge < -0.3 is 10.2 Å². The number of carbonyl (C=O) groups excluding carboxylic acids is 1. The zero-order valence-corrected chi connectivity index (χ0v) is 18.7. The van der Waals surface area contributed by atoms with Crippen LogP contribution in [0.1, 0.15) is 30.5 Å². The first-order valence-electron chi connectivity index (χ1n) is 10.6. The third-order valence-electron chi connectivity index (χ3n) is 5.74. The second-order valence-corrected chi connectivity index (χ2v) is 8.62. The minimum atomic E-state index is -0.488. The fourth-order valence-electron chi connectivity index (χ4n) is 3.96. The van der Waals surface area contributed by atoms with Crippen molar-refractivity contribution in [1.29, 1.82) is 0 Å². The molecule has 1 aromatic carbocycles. The van der Waals surface area contributed by atoms with E-state index in [0.717, 1.165) is 68.9 Å². The number of anilines is 2. The summed E-state index contributed by atoms with van der Waals surface area (Å²) in [4.78, 5) is 20.6. The summed E-state index contributed by atoms with van der Waals surface area (Å²) in [7, 11) is 0. The zero-order valence-electron chi connectivity index (χ0n) is 17.2. The number of piperazine rings is 1. The smallest absolute Gasteiger partial charge is 0.225 e.